The molecule has 4 aromatic heterocycles. The van der Waals surface area contributed by atoms with E-state index in [9.17, 15) is 9.59 Å². The summed E-state index contributed by atoms with van der Waals surface area (Å²) in [5, 5.41) is 5.86. The Morgan fingerprint density at radius 1 is 0.736 bits per heavy atom. The van der Waals surface area contributed by atoms with Gasteiger partial charge in [-0.1, -0.05) is 47.5 Å². The predicted molar refractivity (Wildman–Crippen MR) is 205 cm³/mol. The highest BCUT2D eigenvalue weighted by molar-refractivity contribution is 6.31. The Morgan fingerprint density at radius 2 is 1.36 bits per heavy atom. The molecule has 2 unspecified atom stereocenters. The predicted octanol–water partition coefficient (Wildman–Crippen LogP) is 9.02. The number of hydrogen-bond acceptors (Lipinski definition) is 7. The molecular weight excluding hydrogens is 711 g/mol. The molecule has 262 valence electrons. The van der Waals surface area contributed by atoms with Crippen molar-refractivity contribution in [3.63, 3.8) is 0 Å². The van der Waals surface area contributed by atoms with Crippen LogP contribution in [0.25, 0.3) is 56.5 Å². The molecule has 0 amide bonds. The molecule has 0 aliphatic carbocycles. The van der Waals surface area contributed by atoms with Crippen molar-refractivity contribution in [1.82, 2.24) is 29.7 Å². The summed E-state index contributed by atoms with van der Waals surface area (Å²) in [6, 6.07) is 27.6. The van der Waals surface area contributed by atoms with Gasteiger partial charge in [0.15, 0.2) is 5.69 Å². The maximum Gasteiger partial charge on any atom is 0.359 e. The second-order valence-corrected chi connectivity index (χ2v) is 14.0. The first-order valence-corrected chi connectivity index (χ1v) is 17.7. The molecule has 2 aromatic carbocycles. The SMILES string of the molecule is COC(=O)c1nn2c(c1C(=O)OC)CC1c3nc(cc4ccc([nH]4)c(-c4ccc(Cl)cc4)c4nc(cc5ccc([nH]5)c3-c3ccc(Cl)cc3)C=C4)C1C2. The first-order chi connectivity index (χ1) is 25.8. The number of H-pyrrole nitrogens is 2. The van der Waals surface area contributed by atoms with Crippen LogP contribution in [0.15, 0.2) is 84.9 Å². The van der Waals surface area contributed by atoms with E-state index in [1.807, 2.05) is 91.0 Å². The molecule has 6 aromatic rings. The van der Waals surface area contributed by atoms with Crippen LogP contribution in [0.1, 0.15) is 61.2 Å². The number of halogens is 2. The van der Waals surface area contributed by atoms with Crippen LogP contribution in [0.2, 0.25) is 10.0 Å². The lowest BCUT2D eigenvalue weighted by molar-refractivity contribution is 0.0551. The van der Waals surface area contributed by atoms with Gasteiger partial charge in [-0.2, -0.15) is 5.10 Å². The number of rotatable bonds is 4. The lowest BCUT2D eigenvalue weighted by Gasteiger charge is -2.28. The summed E-state index contributed by atoms with van der Waals surface area (Å²) >= 11 is 12.7. The number of ether oxygens (including phenoxy) is 2. The quantitative estimate of drug-likeness (QED) is 0.172. The minimum atomic E-state index is -0.704. The second kappa shape index (κ2) is 12.9. The van der Waals surface area contributed by atoms with Gasteiger partial charge in [-0.15, -0.1) is 0 Å². The molecule has 10 nitrogen and oxygen atoms in total. The van der Waals surface area contributed by atoms with E-state index in [-0.39, 0.29) is 23.1 Å². The number of esters is 2. The first kappa shape index (κ1) is 32.9. The van der Waals surface area contributed by atoms with Gasteiger partial charge in [-0.05, 0) is 90.4 Å². The smallest absolute Gasteiger partial charge is 0.359 e. The number of fused-ring (bicyclic) bond motifs is 12. The van der Waals surface area contributed by atoms with Crippen molar-refractivity contribution in [3.8, 4) is 22.3 Å². The van der Waals surface area contributed by atoms with E-state index in [1.54, 1.807) is 4.68 Å². The molecule has 9 rings (SSSR count). The first-order valence-electron chi connectivity index (χ1n) is 17.0. The topological polar surface area (TPSA) is 128 Å². The van der Waals surface area contributed by atoms with Crippen molar-refractivity contribution in [2.24, 2.45) is 0 Å². The molecular formula is C41H30Cl2N6O4. The van der Waals surface area contributed by atoms with Crippen LogP contribution < -0.4 is 0 Å². The van der Waals surface area contributed by atoms with Gasteiger partial charge in [-0.25, -0.2) is 14.6 Å². The Balaban J connectivity index is 1.35. The highest BCUT2D eigenvalue weighted by Gasteiger charge is 2.42. The second-order valence-electron chi connectivity index (χ2n) is 13.1. The fraction of sp³-hybridized carbons (Fsp3) is 0.146. The fourth-order valence-electron chi connectivity index (χ4n) is 7.66. The van der Waals surface area contributed by atoms with E-state index in [1.165, 1.54) is 14.2 Å². The van der Waals surface area contributed by atoms with Crippen LogP contribution >= 0.6 is 23.2 Å². The lowest BCUT2D eigenvalue weighted by Crippen LogP contribution is -2.25. The third-order valence-electron chi connectivity index (χ3n) is 10.1. The Morgan fingerprint density at radius 3 is 2.02 bits per heavy atom. The van der Waals surface area contributed by atoms with Crippen molar-refractivity contribution in [2.45, 2.75) is 24.8 Å². The summed E-state index contributed by atoms with van der Waals surface area (Å²) in [5.41, 5.74) is 11.1. The van der Waals surface area contributed by atoms with Gasteiger partial charge < -0.3 is 19.4 Å². The average molecular weight is 742 g/mol. The van der Waals surface area contributed by atoms with Gasteiger partial charge >= 0.3 is 11.9 Å². The maximum absolute atomic E-state index is 13.2. The minimum absolute atomic E-state index is 0.0674. The summed E-state index contributed by atoms with van der Waals surface area (Å²) in [4.78, 5) is 43.8. The molecule has 0 fully saturated rings. The number of carbonyl (C=O) groups excluding carboxylic acids is 2. The summed E-state index contributed by atoms with van der Waals surface area (Å²) in [6.45, 7) is 0.368. The lowest BCUT2D eigenvalue weighted by atomic mass is 9.80. The normalized spacial score (nSPS) is 15.8. The Bertz CT molecular complexity index is 2670. The molecule has 0 saturated heterocycles. The van der Waals surface area contributed by atoms with E-state index < -0.39 is 11.9 Å². The maximum atomic E-state index is 13.2. The Kier molecular flexibility index (Phi) is 8.01. The summed E-state index contributed by atoms with van der Waals surface area (Å²) in [5.74, 6) is -1.70. The van der Waals surface area contributed by atoms with E-state index in [2.05, 4.69) is 21.1 Å². The van der Waals surface area contributed by atoms with Crippen LogP contribution in [-0.4, -0.2) is 55.9 Å². The zero-order chi connectivity index (χ0) is 36.4. The molecule has 8 bridgehead atoms. The zero-order valence-corrected chi connectivity index (χ0v) is 30.0. The number of aromatic nitrogens is 6. The monoisotopic (exact) mass is 740 g/mol. The number of carbonyl (C=O) groups is 2. The molecule has 7 heterocycles. The third kappa shape index (κ3) is 5.71. The van der Waals surface area contributed by atoms with Crippen LogP contribution in [0, 0.1) is 0 Å². The largest absolute Gasteiger partial charge is 0.465 e. The van der Waals surface area contributed by atoms with Gasteiger partial charge in [0.05, 0.1) is 43.5 Å². The molecule has 2 atom stereocenters. The van der Waals surface area contributed by atoms with Gasteiger partial charge in [0.1, 0.15) is 5.56 Å². The molecule has 0 radical (unpaired) electrons. The zero-order valence-electron chi connectivity index (χ0n) is 28.5. The number of nitrogens with zero attached hydrogens (tertiary/aromatic N) is 4. The van der Waals surface area contributed by atoms with Gasteiger partial charge in [0, 0.05) is 60.8 Å². The Labute approximate surface area is 313 Å². The average Bonchev–Trinajstić information content (AvgIpc) is 4.02. The molecule has 0 spiro atoms. The van der Waals surface area contributed by atoms with Crippen molar-refractivity contribution in [3.05, 3.63) is 135 Å². The number of methoxy groups -OCH3 is 2. The molecule has 12 heteroatoms. The van der Waals surface area contributed by atoms with Crippen LogP contribution in [0.4, 0.5) is 0 Å². The number of nitrogens with one attached hydrogen (secondary N) is 2. The van der Waals surface area contributed by atoms with E-state index in [0.717, 1.165) is 67.1 Å². The molecule has 0 saturated carbocycles. The van der Waals surface area contributed by atoms with Crippen LogP contribution in [0.3, 0.4) is 0 Å². The minimum Gasteiger partial charge on any atom is -0.465 e. The van der Waals surface area contributed by atoms with Crippen LogP contribution in [-0.2, 0) is 22.4 Å². The molecule has 53 heavy (non-hydrogen) atoms. The summed E-state index contributed by atoms with van der Waals surface area (Å²) in [7, 11) is 2.56. The molecule has 2 N–H and O–H groups in total. The van der Waals surface area contributed by atoms with Crippen LogP contribution in [0.5, 0.6) is 0 Å². The summed E-state index contributed by atoms with van der Waals surface area (Å²) in [6.07, 6.45) is 4.40. The number of benzene rings is 2. The van der Waals surface area contributed by atoms with Crippen molar-refractivity contribution < 1.29 is 19.1 Å². The number of hydrogen-bond donors (Lipinski definition) is 2. The van der Waals surface area contributed by atoms with Crippen molar-refractivity contribution >= 4 is 69.4 Å². The fourth-order valence-corrected chi connectivity index (χ4v) is 7.92. The van der Waals surface area contributed by atoms with Gasteiger partial charge in [0.2, 0.25) is 0 Å². The highest BCUT2D eigenvalue weighted by Crippen LogP contribution is 2.48. The van der Waals surface area contributed by atoms with Crippen molar-refractivity contribution in [2.75, 3.05) is 14.2 Å². The molecule has 3 aliphatic heterocycles. The highest BCUT2D eigenvalue weighted by atomic mass is 35.5. The summed E-state index contributed by atoms with van der Waals surface area (Å²) < 4.78 is 11.9. The van der Waals surface area contributed by atoms with E-state index in [0.29, 0.717) is 28.7 Å². The van der Waals surface area contributed by atoms with E-state index in [4.69, 9.17) is 42.6 Å². The Hall–Kier alpha value is -5.97. The number of aromatic amines is 2. The van der Waals surface area contributed by atoms with Gasteiger partial charge in [-0.3, -0.25) is 9.67 Å². The van der Waals surface area contributed by atoms with Gasteiger partial charge in [0.25, 0.3) is 0 Å². The van der Waals surface area contributed by atoms with Crippen molar-refractivity contribution in [1.29, 1.82) is 0 Å². The standard InChI is InChI=1S/C41H30Cl2N6O4/c1-52-40(50)37-34-19-28-29(20-49(34)48-39(37)41(51)53-2)33-18-27-13-15-31(46-27)35(21-3-7-23(42)8-4-21)30-14-11-25(44-30)17-26-12-16-32(45-26)36(38(28)47-33)22-5-9-24(43)10-6-22/h3-18,28-29,45-46H,19-20H2,1-2H3. The third-order valence-corrected chi connectivity index (χ3v) is 10.6. The van der Waals surface area contributed by atoms with E-state index >= 15 is 0 Å². The molecule has 3 aliphatic rings.